The van der Waals surface area contributed by atoms with Crippen molar-refractivity contribution in [1.82, 2.24) is 10.2 Å². The van der Waals surface area contributed by atoms with Crippen molar-refractivity contribution >= 4 is 0 Å². The molecule has 0 radical (unpaired) electrons. The van der Waals surface area contributed by atoms with Crippen LogP contribution in [0.5, 0.6) is 0 Å². The Morgan fingerprint density at radius 1 is 1.10 bits per heavy atom. The van der Waals surface area contributed by atoms with Crippen LogP contribution in [-0.4, -0.2) is 38.3 Å². The second-order valence-electron chi connectivity index (χ2n) is 5.79. The van der Waals surface area contributed by atoms with E-state index in [4.69, 9.17) is 0 Å². The van der Waals surface area contributed by atoms with Crippen LogP contribution in [0.1, 0.15) is 43.4 Å². The molecule has 0 spiro atoms. The van der Waals surface area contributed by atoms with E-state index in [9.17, 15) is 13.2 Å². The van der Waals surface area contributed by atoms with Gasteiger partial charge in [-0.15, -0.1) is 0 Å². The summed E-state index contributed by atoms with van der Waals surface area (Å²) in [5.41, 5.74) is 2.36. The molecule has 0 aliphatic heterocycles. The molecule has 21 heavy (non-hydrogen) atoms. The van der Waals surface area contributed by atoms with Gasteiger partial charge in [0.1, 0.15) is 0 Å². The Labute approximate surface area is 125 Å². The SMILES string of the molecule is CNC(CN(C)CCC(F)(F)F)c1ccc(C(C)C)cc1. The lowest BCUT2D eigenvalue weighted by molar-refractivity contribution is -0.137. The fourth-order valence-corrected chi connectivity index (χ4v) is 2.20. The molecule has 1 atom stereocenters. The van der Waals surface area contributed by atoms with E-state index in [1.807, 2.05) is 19.2 Å². The maximum absolute atomic E-state index is 12.2. The van der Waals surface area contributed by atoms with Crippen molar-refractivity contribution in [2.24, 2.45) is 0 Å². The Morgan fingerprint density at radius 2 is 1.62 bits per heavy atom. The number of hydrogen-bond donors (Lipinski definition) is 1. The third-order valence-corrected chi connectivity index (χ3v) is 3.63. The summed E-state index contributed by atoms with van der Waals surface area (Å²) < 4.78 is 36.7. The Balaban J connectivity index is 2.61. The van der Waals surface area contributed by atoms with Gasteiger partial charge in [-0.2, -0.15) is 13.2 Å². The molecule has 0 saturated heterocycles. The van der Waals surface area contributed by atoms with Crippen LogP contribution < -0.4 is 5.32 Å². The Kier molecular flexibility index (Phi) is 6.68. The molecular weight excluding hydrogens is 277 g/mol. The average molecular weight is 302 g/mol. The number of rotatable bonds is 7. The van der Waals surface area contributed by atoms with Gasteiger partial charge in [-0.05, 0) is 31.1 Å². The Hall–Kier alpha value is -1.07. The standard InChI is InChI=1S/C16H25F3N2/c1-12(2)13-5-7-14(8-6-13)15(20-3)11-21(4)10-9-16(17,18)19/h5-8,12,15,20H,9-11H2,1-4H3. The molecule has 0 aliphatic carbocycles. The van der Waals surface area contributed by atoms with E-state index >= 15 is 0 Å². The molecule has 1 rings (SSSR count). The molecule has 0 bridgehead atoms. The summed E-state index contributed by atoms with van der Waals surface area (Å²) in [7, 11) is 3.55. The van der Waals surface area contributed by atoms with E-state index in [2.05, 4.69) is 31.3 Å². The third-order valence-electron chi connectivity index (χ3n) is 3.63. The van der Waals surface area contributed by atoms with E-state index in [0.717, 1.165) is 5.56 Å². The highest BCUT2D eigenvalue weighted by atomic mass is 19.4. The van der Waals surface area contributed by atoms with E-state index in [-0.39, 0.29) is 12.6 Å². The van der Waals surface area contributed by atoms with Crippen molar-refractivity contribution in [2.45, 2.75) is 38.4 Å². The molecular formula is C16H25F3N2. The van der Waals surface area contributed by atoms with Gasteiger partial charge in [-0.3, -0.25) is 0 Å². The molecule has 1 N–H and O–H groups in total. The highest BCUT2D eigenvalue weighted by Crippen LogP contribution is 2.21. The molecule has 1 aromatic carbocycles. The topological polar surface area (TPSA) is 15.3 Å². The number of alkyl halides is 3. The summed E-state index contributed by atoms with van der Waals surface area (Å²) in [6.07, 6.45) is -4.87. The van der Waals surface area contributed by atoms with Crippen molar-refractivity contribution in [3.63, 3.8) is 0 Å². The second-order valence-corrected chi connectivity index (χ2v) is 5.79. The number of benzene rings is 1. The van der Waals surface area contributed by atoms with E-state index in [1.54, 1.807) is 11.9 Å². The normalized spacial score (nSPS) is 14.0. The lowest BCUT2D eigenvalue weighted by Crippen LogP contribution is -2.33. The van der Waals surface area contributed by atoms with Crippen LogP contribution >= 0.6 is 0 Å². The summed E-state index contributed by atoms with van der Waals surface area (Å²) in [6.45, 7) is 4.84. The van der Waals surface area contributed by atoms with Crippen LogP contribution in [-0.2, 0) is 0 Å². The van der Waals surface area contributed by atoms with Gasteiger partial charge in [0.05, 0.1) is 6.42 Å². The van der Waals surface area contributed by atoms with Gasteiger partial charge in [-0.1, -0.05) is 38.1 Å². The summed E-state index contributed by atoms with van der Waals surface area (Å²) in [5.74, 6) is 0.474. The third kappa shape index (κ3) is 6.48. The van der Waals surface area contributed by atoms with Crippen LogP contribution in [0.25, 0.3) is 0 Å². The molecule has 0 aromatic heterocycles. The molecule has 120 valence electrons. The van der Waals surface area contributed by atoms with Crippen molar-refractivity contribution < 1.29 is 13.2 Å². The summed E-state index contributed by atoms with van der Waals surface area (Å²) in [4.78, 5) is 1.71. The van der Waals surface area contributed by atoms with Crippen LogP contribution in [0, 0.1) is 0 Å². The van der Waals surface area contributed by atoms with E-state index in [0.29, 0.717) is 12.5 Å². The van der Waals surface area contributed by atoms with Crippen LogP contribution in [0.3, 0.4) is 0 Å². The monoisotopic (exact) mass is 302 g/mol. The number of nitrogens with zero attached hydrogens (tertiary/aromatic N) is 1. The average Bonchev–Trinajstić information content (AvgIpc) is 2.42. The molecule has 0 amide bonds. The molecule has 0 heterocycles. The van der Waals surface area contributed by atoms with Crippen LogP contribution in [0.2, 0.25) is 0 Å². The zero-order valence-corrected chi connectivity index (χ0v) is 13.2. The Bertz CT molecular complexity index is 413. The zero-order chi connectivity index (χ0) is 16.0. The van der Waals surface area contributed by atoms with Crippen molar-refractivity contribution in [3.05, 3.63) is 35.4 Å². The maximum atomic E-state index is 12.2. The highest BCUT2D eigenvalue weighted by Gasteiger charge is 2.27. The second kappa shape index (κ2) is 7.80. The van der Waals surface area contributed by atoms with E-state index < -0.39 is 12.6 Å². The number of hydrogen-bond acceptors (Lipinski definition) is 2. The minimum Gasteiger partial charge on any atom is -0.312 e. The van der Waals surface area contributed by atoms with Crippen molar-refractivity contribution in [2.75, 3.05) is 27.2 Å². The number of nitrogens with one attached hydrogen (secondary N) is 1. The lowest BCUT2D eigenvalue weighted by atomic mass is 9.99. The molecule has 1 unspecified atom stereocenters. The molecule has 1 aromatic rings. The molecule has 0 aliphatic rings. The first kappa shape index (κ1) is 18.0. The van der Waals surface area contributed by atoms with Gasteiger partial charge in [0, 0.05) is 19.1 Å². The van der Waals surface area contributed by atoms with Crippen molar-refractivity contribution in [1.29, 1.82) is 0 Å². The first-order valence-electron chi connectivity index (χ1n) is 7.25. The van der Waals surface area contributed by atoms with Crippen LogP contribution in [0.4, 0.5) is 13.2 Å². The molecule has 0 fully saturated rings. The smallest absolute Gasteiger partial charge is 0.312 e. The van der Waals surface area contributed by atoms with Crippen LogP contribution in [0.15, 0.2) is 24.3 Å². The van der Waals surface area contributed by atoms with E-state index in [1.165, 1.54) is 5.56 Å². The molecule has 0 saturated carbocycles. The van der Waals surface area contributed by atoms with Gasteiger partial charge >= 0.3 is 6.18 Å². The highest BCUT2D eigenvalue weighted by molar-refractivity contribution is 5.27. The number of likely N-dealkylation sites (N-methyl/N-ethyl adjacent to an activating group) is 2. The minimum atomic E-state index is -4.09. The quantitative estimate of drug-likeness (QED) is 0.820. The van der Waals surface area contributed by atoms with Gasteiger partial charge in [0.25, 0.3) is 0 Å². The summed E-state index contributed by atoms with van der Waals surface area (Å²) >= 11 is 0. The minimum absolute atomic E-state index is 0.0196. The first-order valence-corrected chi connectivity index (χ1v) is 7.25. The van der Waals surface area contributed by atoms with Gasteiger partial charge in [0.15, 0.2) is 0 Å². The zero-order valence-electron chi connectivity index (χ0n) is 13.2. The largest absolute Gasteiger partial charge is 0.390 e. The summed E-state index contributed by atoms with van der Waals surface area (Å²) in [5, 5.41) is 3.17. The molecule has 5 heteroatoms. The van der Waals surface area contributed by atoms with Gasteiger partial charge in [0.2, 0.25) is 0 Å². The summed E-state index contributed by atoms with van der Waals surface area (Å²) in [6, 6.07) is 8.30. The fourth-order valence-electron chi connectivity index (χ4n) is 2.20. The maximum Gasteiger partial charge on any atom is 0.390 e. The molecule has 2 nitrogen and oxygen atoms in total. The Morgan fingerprint density at radius 3 is 2.05 bits per heavy atom. The predicted octanol–water partition coefficient (Wildman–Crippen LogP) is 3.95. The predicted molar refractivity (Wildman–Crippen MR) is 80.5 cm³/mol. The van der Waals surface area contributed by atoms with Gasteiger partial charge in [-0.25, -0.2) is 0 Å². The first-order chi connectivity index (χ1) is 9.73. The number of halogens is 3. The van der Waals surface area contributed by atoms with Gasteiger partial charge < -0.3 is 10.2 Å². The lowest BCUT2D eigenvalue weighted by Gasteiger charge is -2.25. The fraction of sp³-hybridized carbons (Fsp3) is 0.625. The van der Waals surface area contributed by atoms with Crippen molar-refractivity contribution in [3.8, 4) is 0 Å².